The van der Waals surface area contributed by atoms with Gasteiger partial charge in [0.15, 0.2) is 11.5 Å². The quantitative estimate of drug-likeness (QED) is 0.638. The lowest BCUT2D eigenvalue weighted by molar-refractivity contribution is 0.102. The van der Waals surface area contributed by atoms with Gasteiger partial charge in [0.05, 0.1) is 14.2 Å². The van der Waals surface area contributed by atoms with Gasteiger partial charge in [-0.2, -0.15) is 0 Å². The Morgan fingerprint density at radius 3 is 2.50 bits per heavy atom. The molecule has 0 unspecified atom stereocenters. The molecule has 0 spiro atoms. The Hall–Kier alpha value is -3.32. The van der Waals surface area contributed by atoms with Crippen LogP contribution >= 0.6 is 11.6 Å². The molecule has 1 aromatic heterocycles. The van der Waals surface area contributed by atoms with Crippen LogP contribution in [0.1, 0.15) is 16.1 Å². The van der Waals surface area contributed by atoms with Crippen LogP contribution in [0, 0.1) is 6.92 Å². The van der Waals surface area contributed by atoms with Crippen LogP contribution in [-0.4, -0.2) is 30.1 Å². The molecule has 2 aromatic carbocycles. The Labute approximate surface area is 167 Å². The summed E-state index contributed by atoms with van der Waals surface area (Å²) in [6.07, 6.45) is 1.33. The zero-order valence-electron chi connectivity index (χ0n) is 15.6. The van der Waals surface area contributed by atoms with Crippen LogP contribution in [0.15, 0.2) is 48.8 Å². The van der Waals surface area contributed by atoms with Crippen molar-refractivity contribution in [2.45, 2.75) is 6.92 Å². The lowest BCUT2D eigenvalue weighted by Gasteiger charge is -2.11. The fourth-order valence-corrected chi connectivity index (χ4v) is 2.79. The maximum absolute atomic E-state index is 12.6. The monoisotopic (exact) mass is 398 g/mol. The van der Waals surface area contributed by atoms with Crippen molar-refractivity contribution in [1.82, 2.24) is 9.97 Å². The number of hydrogen-bond donors (Lipinski definition) is 2. The Morgan fingerprint density at radius 1 is 1.00 bits per heavy atom. The number of amides is 1. The van der Waals surface area contributed by atoms with Crippen LogP contribution < -0.4 is 20.1 Å². The first-order chi connectivity index (χ1) is 13.5. The molecule has 0 saturated carbocycles. The number of nitrogens with zero attached hydrogens (tertiary/aromatic N) is 2. The molecule has 0 aliphatic rings. The number of aromatic nitrogens is 2. The number of methoxy groups -OCH3 is 2. The predicted molar refractivity (Wildman–Crippen MR) is 109 cm³/mol. The maximum Gasteiger partial charge on any atom is 0.274 e. The molecule has 0 saturated heterocycles. The van der Waals surface area contributed by atoms with E-state index in [2.05, 4.69) is 20.6 Å². The van der Waals surface area contributed by atoms with E-state index in [0.717, 1.165) is 11.3 Å². The highest BCUT2D eigenvalue weighted by atomic mass is 35.5. The molecule has 7 nitrogen and oxygen atoms in total. The van der Waals surface area contributed by atoms with E-state index in [1.54, 1.807) is 37.4 Å². The molecular formula is C20H19ClN4O3. The number of halogens is 1. The van der Waals surface area contributed by atoms with Crippen molar-refractivity contribution in [3.05, 3.63) is 65.1 Å². The third-order valence-corrected chi connectivity index (χ3v) is 4.23. The minimum absolute atomic E-state index is 0.221. The highest BCUT2D eigenvalue weighted by Gasteiger charge is 2.12. The van der Waals surface area contributed by atoms with Gasteiger partial charge in [0.2, 0.25) is 0 Å². The Kier molecular flexibility index (Phi) is 5.96. The molecule has 0 atom stereocenters. The van der Waals surface area contributed by atoms with Crippen molar-refractivity contribution < 1.29 is 14.3 Å². The summed E-state index contributed by atoms with van der Waals surface area (Å²) in [4.78, 5) is 20.8. The molecule has 0 fully saturated rings. The zero-order chi connectivity index (χ0) is 20.1. The summed E-state index contributed by atoms with van der Waals surface area (Å²) in [7, 11) is 3.08. The topological polar surface area (TPSA) is 85.4 Å². The van der Waals surface area contributed by atoms with Crippen LogP contribution in [-0.2, 0) is 0 Å². The summed E-state index contributed by atoms with van der Waals surface area (Å²) in [5, 5.41) is 6.60. The number of carbonyl (C=O) groups is 1. The molecule has 8 heteroatoms. The van der Waals surface area contributed by atoms with E-state index in [1.165, 1.54) is 13.4 Å². The van der Waals surface area contributed by atoms with Crippen molar-refractivity contribution in [2.75, 3.05) is 24.9 Å². The van der Waals surface area contributed by atoms with Gasteiger partial charge in [0, 0.05) is 28.5 Å². The SMILES string of the molecule is COc1ccc(NC(=O)c2cc(Nc3ccc(Cl)cc3C)ncn2)cc1OC. The molecule has 2 N–H and O–H groups in total. The summed E-state index contributed by atoms with van der Waals surface area (Å²) in [5.41, 5.74) is 2.58. The normalized spacial score (nSPS) is 10.3. The summed E-state index contributed by atoms with van der Waals surface area (Å²) < 4.78 is 10.4. The van der Waals surface area contributed by atoms with Gasteiger partial charge in [0.25, 0.3) is 5.91 Å². The lowest BCUT2D eigenvalue weighted by Crippen LogP contribution is -2.14. The molecule has 0 aliphatic carbocycles. The number of nitrogens with one attached hydrogen (secondary N) is 2. The largest absolute Gasteiger partial charge is 0.493 e. The number of ether oxygens (including phenoxy) is 2. The highest BCUT2D eigenvalue weighted by molar-refractivity contribution is 6.30. The first-order valence-corrected chi connectivity index (χ1v) is 8.76. The summed E-state index contributed by atoms with van der Waals surface area (Å²) in [6.45, 7) is 1.93. The van der Waals surface area contributed by atoms with E-state index in [0.29, 0.717) is 28.0 Å². The number of benzene rings is 2. The van der Waals surface area contributed by atoms with E-state index in [-0.39, 0.29) is 11.6 Å². The first-order valence-electron chi connectivity index (χ1n) is 8.38. The molecular weight excluding hydrogens is 380 g/mol. The fourth-order valence-electron chi connectivity index (χ4n) is 2.56. The second-order valence-electron chi connectivity index (χ2n) is 5.90. The van der Waals surface area contributed by atoms with Gasteiger partial charge < -0.3 is 20.1 Å². The summed E-state index contributed by atoms with van der Waals surface area (Å²) in [5.74, 6) is 1.22. The molecule has 0 aliphatic heterocycles. The molecule has 3 rings (SSSR count). The van der Waals surface area contributed by atoms with Crippen LogP contribution in [0.3, 0.4) is 0 Å². The first kappa shape index (κ1) is 19.4. The molecule has 1 heterocycles. The van der Waals surface area contributed by atoms with Gasteiger partial charge in [-0.3, -0.25) is 4.79 Å². The van der Waals surface area contributed by atoms with Crippen molar-refractivity contribution in [1.29, 1.82) is 0 Å². The van der Waals surface area contributed by atoms with Gasteiger partial charge in [-0.1, -0.05) is 11.6 Å². The fraction of sp³-hybridized carbons (Fsp3) is 0.150. The molecule has 0 radical (unpaired) electrons. The zero-order valence-corrected chi connectivity index (χ0v) is 16.4. The van der Waals surface area contributed by atoms with Gasteiger partial charge in [-0.05, 0) is 42.8 Å². The van der Waals surface area contributed by atoms with E-state index in [1.807, 2.05) is 19.1 Å². The third kappa shape index (κ3) is 4.50. The number of carbonyl (C=O) groups excluding carboxylic acids is 1. The number of hydrogen-bond acceptors (Lipinski definition) is 6. The van der Waals surface area contributed by atoms with Crippen molar-refractivity contribution in [2.24, 2.45) is 0 Å². The van der Waals surface area contributed by atoms with Crippen LogP contribution in [0.5, 0.6) is 11.5 Å². The van der Waals surface area contributed by atoms with Gasteiger partial charge in [-0.25, -0.2) is 9.97 Å². The standard InChI is InChI=1S/C20H19ClN4O3/c1-12-8-13(21)4-6-15(12)25-19-10-16(22-11-23-19)20(26)24-14-5-7-17(27-2)18(9-14)28-3/h4-11H,1-3H3,(H,24,26)(H,22,23,25). The molecule has 28 heavy (non-hydrogen) atoms. The summed E-state index contributed by atoms with van der Waals surface area (Å²) >= 11 is 5.98. The summed E-state index contributed by atoms with van der Waals surface area (Å²) in [6, 6.07) is 12.2. The Balaban J connectivity index is 1.77. The number of aryl methyl sites for hydroxylation is 1. The average molecular weight is 399 g/mol. The molecule has 144 valence electrons. The van der Waals surface area contributed by atoms with Crippen LogP contribution in [0.4, 0.5) is 17.2 Å². The highest BCUT2D eigenvalue weighted by Crippen LogP contribution is 2.30. The molecule has 0 bridgehead atoms. The van der Waals surface area contributed by atoms with Crippen molar-refractivity contribution in [3.63, 3.8) is 0 Å². The van der Waals surface area contributed by atoms with E-state index < -0.39 is 0 Å². The number of anilines is 3. The van der Waals surface area contributed by atoms with Crippen LogP contribution in [0.25, 0.3) is 0 Å². The smallest absolute Gasteiger partial charge is 0.274 e. The van der Waals surface area contributed by atoms with Gasteiger partial charge >= 0.3 is 0 Å². The predicted octanol–water partition coefficient (Wildman–Crippen LogP) is 4.45. The van der Waals surface area contributed by atoms with Crippen molar-refractivity contribution in [3.8, 4) is 11.5 Å². The van der Waals surface area contributed by atoms with Gasteiger partial charge in [-0.15, -0.1) is 0 Å². The molecule has 3 aromatic rings. The van der Waals surface area contributed by atoms with E-state index in [9.17, 15) is 4.79 Å². The molecule has 1 amide bonds. The average Bonchev–Trinajstić information content (AvgIpc) is 2.70. The van der Waals surface area contributed by atoms with Gasteiger partial charge in [0.1, 0.15) is 17.8 Å². The van der Waals surface area contributed by atoms with E-state index in [4.69, 9.17) is 21.1 Å². The Morgan fingerprint density at radius 2 is 1.79 bits per heavy atom. The van der Waals surface area contributed by atoms with Crippen LogP contribution in [0.2, 0.25) is 5.02 Å². The second kappa shape index (κ2) is 8.58. The Bertz CT molecular complexity index is 1010. The minimum atomic E-state index is -0.370. The van der Waals surface area contributed by atoms with Crippen molar-refractivity contribution >= 4 is 34.7 Å². The minimum Gasteiger partial charge on any atom is -0.493 e. The number of rotatable bonds is 6. The lowest BCUT2D eigenvalue weighted by atomic mass is 10.2. The van der Waals surface area contributed by atoms with E-state index >= 15 is 0 Å². The third-order valence-electron chi connectivity index (χ3n) is 3.99. The maximum atomic E-state index is 12.6. The second-order valence-corrected chi connectivity index (χ2v) is 6.33.